The second kappa shape index (κ2) is 7.24. The molecule has 0 saturated heterocycles. The van der Waals surface area contributed by atoms with Gasteiger partial charge < -0.3 is 5.32 Å². The fourth-order valence-electron chi connectivity index (χ4n) is 1.77. The number of benzene rings is 2. The number of hydrogen-bond acceptors (Lipinski definition) is 6. The van der Waals surface area contributed by atoms with Crippen LogP contribution in [0, 0.1) is 20.2 Å². The second-order valence-corrected chi connectivity index (χ2v) is 4.93. The Morgan fingerprint density at radius 3 is 2.17 bits per heavy atom. The summed E-state index contributed by atoms with van der Waals surface area (Å²) in [6, 6.07) is 10.6. The van der Waals surface area contributed by atoms with Crippen molar-refractivity contribution in [1.82, 2.24) is 5.32 Å². The Bertz CT molecular complexity index is 822. The molecule has 0 fully saturated rings. The number of nitro benzene ring substituents is 2. The molecule has 0 aliphatic rings. The van der Waals surface area contributed by atoms with E-state index < -0.39 is 15.8 Å². The molecule has 9 nitrogen and oxygen atoms in total. The highest BCUT2D eigenvalue weighted by Gasteiger charge is 2.12. The Balaban J connectivity index is 2.01. The summed E-state index contributed by atoms with van der Waals surface area (Å²) in [6.07, 6.45) is 0. The molecular formula is C14H10N4O5S. The summed E-state index contributed by atoms with van der Waals surface area (Å²) >= 11 is 4.97. The van der Waals surface area contributed by atoms with Gasteiger partial charge >= 0.3 is 0 Å². The van der Waals surface area contributed by atoms with Crippen LogP contribution < -0.4 is 10.6 Å². The first-order chi connectivity index (χ1) is 11.4. The van der Waals surface area contributed by atoms with Crippen LogP contribution in [0.25, 0.3) is 0 Å². The minimum Gasteiger partial charge on any atom is -0.332 e. The number of anilines is 1. The first-order valence-electron chi connectivity index (χ1n) is 6.48. The summed E-state index contributed by atoms with van der Waals surface area (Å²) in [5, 5.41) is 26.3. The number of carbonyl (C=O) groups excluding carboxylic acids is 1. The molecule has 0 radical (unpaired) electrons. The molecule has 0 saturated carbocycles. The van der Waals surface area contributed by atoms with E-state index in [1.807, 2.05) is 0 Å². The Morgan fingerprint density at radius 2 is 1.58 bits per heavy atom. The van der Waals surface area contributed by atoms with Crippen molar-refractivity contribution in [3.63, 3.8) is 0 Å². The smallest absolute Gasteiger partial charge is 0.271 e. The summed E-state index contributed by atoms with van der Waals surface area (Å²) < 4.78 is 0. The minimum atomic E-state index is -0.573. The number of non-ortho nitro benzene ring substituents is 2. The number of thiocarbonyl (C=S) groups is 1. The van der Waals surface area contributed by atoms with E-state index in [0.717, 1.165) is 0 Å². The molecule has 0 aromatic heterocycles. The SMILES string of the molecule is O=C(NC(=S)Nc1cccc([N+](=O)[O-])c1)c1ccc([N+](=O)[O-])cc1. The predicted molar refractivity (Wildman–Crippen MR) is 89.9 cm³/mol. The van der Waals surface area contributed by atoms with Crippen LogP contribution in [0.2, 0.25) is 0 Å². The average Bonchev–Trinajstić information content (AvgIpc) is 2.55. The Labute approximate surface area is 140 Å². The molecule has 0 bridgehead atoms. The molecule has 0 atom stereocenters. The fraction of sp³-hybridized carbons (Fsp3) is 0. The normalized spacial score (nSPS) is 9.83. The summed E-state index contributed by atoms with van der Waals surface area (Å²) in [5.74, 6) is -0.562. The monoisotopic (exact) mass is 346 g/mol. The zero-order chi connectivity index (χ0) is 17.7. The molecule has 0 aliphatic carbocycles. The van der Waals surface area contributed by atoms with Crippen LogP contribution in [0.5, 0.6) is 0 Å². The molecule has 2 aromatic carbocycles. The molecule has 122 valence electrons. The van der Waals surface area contributed by atoms with Gasteiger partial charge in [-0.15, -0.1) is 0 Å². The van der Waals surface area contributed by atoms with Gasteiger partial charge in [-0.25, -0.2) is 0 Å². The Morgan fingerprint density at radius 1 is 0.958 bits per heavy atom. The van der Waals surface area contributed by atoms with E-state index >= 15 is 0 Å². The van der Waals surface area contributed by atoms with E-state index in [2.05, 4.69) is 10.6 Å². The van der Waals surface area contributed by atoms with Gasteiger partial charge in [-0.05, 0) is 30.4 Å². The van der Waals surface area contributed by atoms with Crippen LogP contribution in [-0.4, -0.2) is 20.9 Å². The number of amides is 1. The number of nitro groups is 2. The van der Waals surface area contributed by atoms with Crippen molar-refractivity contribution in [2.75, 3.05) is 5.32 Å². The average molecular weight is 346 g/mol. The summed E-state index contributed by atoms with van der Waals surface area (Å²) in [5.41, 5.74) is 0.273. The summed E-state index contributed by atoms with van der Waals surface area (Å²) in [6.45, 7) is 0. The second-order valence-electron chi connectivity index (χ2n) is 4.52. The highest BCUT2D eigenvalue weighted by atomic mass is 32.1. The highest BCUT2D eigenvalue weighted by Crippen LogP contribution is 2.17. The molecule has 0 aliphatic heterocycles. The maximum Gasteiger partial charge on any atom is 0.271 e. The van der Waals surface area contributed by atoms with Crippen molar-refractivity contribution in [1.29, 1.82) is 0 Å². The fourth-order valence-corrected chi connectivity index (χ4v) is 1.98. The van der Waals surface area contributed by atoms with Crippen LogP contribution in [0.4, 0.5) is 17.1 Å². The van der Waals surface area contributed by atoms with Gasteiger partial charge in [0.05, 0.1) is 9.85 Å². The zero-order valence-corrected chi connectivity index (χ0v) is 12.8. The molecule has 0 unspecified atom stereocenters. The van der Waals surface area contributed by atoms with Gasteiger partial charge in [0.1, 0.15) is 0 Å². The molecule has 2 rings (SSSR count). The van der Waals surface area contributed by atoms with E-state index in [1.54, 1.807) is 6.07 Å². The number of carbonyl (C=O) groups is 1. The summed E-state index contributed by atoms with van der Waals surface area (Å²) in [4.78, 5) is 32.1. The maximum absolute atomic E-state index is 12.0. The Hall–Kier alpha value is -3.40. The first kappa shape index (κ1) is 17.0. The molecule has 24 heavy (non-hydrogen) atoms. The van der Waals surface area contributed by atoms with E-state index in [0.29, 0.717) is 5.69 Å². The standard InChI is InChI=1S/C14H10N4O5S/c19-13(9-4-6-11(7-5-9)17(20)21)16-14(24)15-10-2-1-3-12(8-10)18(22)23/h1-8H,(H2,15,16,19,24). The van der Waals surface area contributed by atoms with Gasteiger partial charge in [-0.3, -0.25) is 30.3 Å². The van der Waals surface area contributed by atoms with E-state index in [1.165, 1.54) is 42.5 Å². The lowest BCUT2D eigenvalue weighted by Gasteiger charge is -2.09. The molecule has 10 heteroatoms. The van der Waals surface area contributed by atoms with Crippen molar-refractivity contribution < 1.29 is 14.6 Å². The minimum absolute atomic E-state index is 0.0566. The van der Waals surface area contributed by atoms with Crippen molar-refractivity contribution in [3.8, 4) is 0 Å². The van der Waals surface area contributed by atoms with Crippen molar-refractivity contribution in [2.45, 2.75) is 0 Å². The van der Waals surface area contributed by atoms with E-state index in [-0.39, 0.29) is 22.1 Å². The lowest BCUT2D eigenvalue weighted by atomic mass is 10.2. The van der Waals surface area contributed by atoms with Gasteiger partial charge in [0, 0.05) is 35.5 Å². The zero-order valence-electron chi connectivity index (χ0n) is 12.0. The van der Waals surface area contributed by atoms with Crippen molar-refractivity contribution in [2.24, 2.45) is 0 Å². The quantitative estimate of drug-likeness (QED) is 0.495. The number of hydrogen-bond donors (Lipinski definition) is 2. The van der Waals surface area contributed by atoms with Gasteiger partial charge in [0.15, 0.2) is 5.11 Å². The number of nitrogens with zero attached hydrogens (tertiary/aromatic N) is 2. The lowest BCUT2D eigenvalue weighted by molar-refractivity contribution is -0.385. The van der Waals surface area contributed by atoms with Gasteiger partial charge in [0.2, 0.25) is 0 Å². The molecule has 0 heterocycles. The van der Waals surface area contributed by atoms with Crippen LogP contribution in [-0.2, 0) is 0 Å². The number of nitrogens with one attached hydrogen (secondary N) is 2. The third-order valence-electron chi connectivity index (χ3n) is 2.88. The van der Waals surface area contributed by atoms with Crippen LogP contribution in [0.15, 0.2) is 48.5 Å². The Kier molecular flexibility index (Phi) is 5.12. The molecule has 2 aromatic rings. The predicted octanol–water partition coefficient (Wildman–Crippen LogP) is 2.63. The third kappa shape index (κ3) is 4.30. The molecular weight excluding hydrogens is 336 g/mol. The summed E-state index contributed by atoms with van der Waals surface area (Å²) in [7, 11) is 0. The maximum atomic E-state index is 12.0. The molecule has 2 N–H and O–H groups in total. The first-order valence-corrected chi connectivity index (χ1v) is 6.89. The topological polar surface area (TPSA) is 127 Å². The molecule has 1 amide bonds. The van der Waals surface area contributed by atoms with Crippen LogP contribution >= 0.6 is 12.2 Å². The third-order valence-corrected chi connectivity index (χ3v) is 3.09. The van der Waals surface area contributed by atoms with Gasteiger partial charge in [0.25, 0.3) is 17.3 Å². The van der Waals surface area contributed by atoms with Crippen LogP contribution in [0.1, 0.15) is 10.4 Å². The molecule has 0 spiro atoms. The largest absolute Gasteiger partial charge is 0.332 e. The van der Waals surface area contributed by atoms with Gasteiger partial charge in [-0.1, -0.05) is 6.07 Å². The van der Waals surface area contributed by atoms with E-state index in [9.17, 15) is 25.0 Å². The van der Waals surface area contributed by atoms with Gasteiger partial charge in [-0.2, -0.15) is 0 Å². The lowest BCUT2D eigenvalue weighted by Crippen LogP contribution is -2.34. The highest BCUT2D eigenvalue weighted by molar-refractivity contribution is 7.80. The number of rotatable bonds is 4. The van der Waals surface area contributed by atoms with E-state index in [4.69, 9.17) is 12.2 Å². The van der Waals surface area contributed by atoms with Crippen molar-refractivity contribution >= 4 is 40.3 Å². The van der Waals surface area contributed by atoms with Crippen molar-refractivity contribution in [3.05, 3.63) is 74.3 Å². The van der Waals surface area contributed by atoms with Crippen LogP contribution in [0.3, 0.4) is 0 Å².